The Hall–Kier alpha value is -2.63. The number of hydrogen-bond acceptors (Lipinski definition) is 4. The summed E-state index contributed by atoms with van der Waals surface area (Å²) in [5.41, 5.74) is 2.19. The highest BCUT2D eigenvalue weighted by Gasteiger charge is 2.23. The third-order valence-electron chi connectivity index (χ3n) is 4.72. The average Bonchev–Trinajstić information content (AvgIpc) is 3.17. The van der Waals surface area contributed by atoms with Crippen LogP contribution in [-0.4, -0.2) is 20.8 Å². The molecule has 0 fully saturated rings. The molecule has 28 heavy (non-hydrogen) atoms. The van der Waals surface area contributed by atoms with Crippen molar-refractivity contribution in [3.05, 3.63) is 94.0 Å². The van der Waals surface area contributed by atoms with Crippen LogP contribution in [0.2, 0.25) is 5.02 Å². The molecule has 0 atom stereocenters. The highest BCUT2D eigenvalue weighted by atomic mass is 35.5. The average molecular weight is 413 g/mol. The van der Waals surface area contributed by atoms with Crippen molar-refractivity contribution < 1.29 is 17.9 Å². The molecule has 0 saturated heterocycles. The van der Waals surface area contributed by atoms with Gasteiger partial charge in [-0.3, -0.25) is 4.79 Å². The van der Waals surface area contributed by atoms with E-state index in [4.69, 9.17) is 16.3 Å². The number of carbonyl (C=O) groups excluding carboxylic acids is 1. The predicted molar refractivity (Wildman–Crippen MR) is 108 cm³/mol. The number of ether oxygens (including phenoxy) is 1. The van der Waals surface area contributed by atoms with Gasteiger partial charge in [-0.15, -0.1) is 0 Å². The molecule has 0 N–H and O–H groups in total. The SMILES string of the molecule is O=C(c1ccccc1)c1cc(Cl)ccc1CS(=O)(=O)c1ccc2c(c1)OCC2. The lowest BCUT2D eigenvalue weighted by molar-refractivity contribution is 0.103. The van der Waals surface area contributed by atoms with Crippen molar-refractivity contribution in [2.45, 2.75) is 17.1 Å². The molecule has 0 aliphatic carbocycles. The standard InChI is InChI=1S/C22H17ClO4S/c23-18-8-6-17(20(12-18)22(24)16-4-2-1-3-5-16)14-28(25,26)19-9-7-15-10-11-27-21(15)13-19/h1-9,12-13H,10-11,14H2. The molecule has 0 bridgehead atoms. The van der Waals surface area contributed by atoms with Gasteiger partial charge < -0.3 is 4.74 Å². The van der Waals surface area contributed by atoms with Crippen LogP contribution in [-0.2, 0) is 22.0 Å². The van der Waals surface area contributed by atoms with Crippen LogP contribution in [0.3, 0.4) is 0 Å². The normalized spacial score (nSPS) is 13.0. The summed E-state index contributed by atoms with van der Waals surface area (Å²) in [6, 6.07) is 18.4. The van der Waals surface area contributed by atoms with Crippen LogP contribution in [0.25, 0.3) is 0 Å². The molecule has 0 unspecified atom stereocenters. The minimum Gasteiger partial charge on any atom is -0.493 e. The van der Waals surface area contributed by atoms with E-state index in [0.717, 1.165) is 12.0 Å². The van der Waals surface area contributed by atoms with E-state index in [9.17, 15) is 13.2 Å². The maximum absolute atomic E-state index is 13.0. The van der Waals surface area contributed by atoms with Crippen LogP contribution < -0.4 is 4.74 Å². The molecule has 0 spiro atoms. The molecule has 6 heteroatoms. The largest absolute Gasteiger partial charge is 0.493 e. The molecular weight excluding hydrogens is 396 g/mol. The van der Waals surface area contributed by atoms with Gasteiger partial charge in [-0.2, -0.15) is 0 Å². The number of hydrogen-bond donors (Lipinski definition) is 0. The Kier molecular flexibility index (Phi) is 4.96. The highest BCUT2D eigenvalue weighted by molar-refractivity contribution is 7.90. The summed E-state index contributed by atoms with van der Waals surface area (Å²) in [6.45, 7) is 0.561. The molecule has 0 saturated carbocycles. The van der Waals surface area contributed by atoms with Crippen LogP contribution in [0.4, 0.5) is 0 Å². The fourth-order valence-electron chi connectivity index (χ4n) is 3.26. The lowest BCUT2D eigenvalue weighted by Crippen LogP contribution is -2.11. The van der Waals surface area contributed by atoms with Gasteiger partial charge >= 0.3 is 0 Å². The molecule has 4 rings (SSSR count). The zero-order chi connectivity index (χ0) is 19.7. The minimum atomic E-state index is -3.66. The zero-order valence-electron chi connectivity index (χ0n) is 14.9. The third-order valence-corrected chi connectivity index (χ3v) is 6.62. The summed E-state index contributed by atoms with van der Waals surface area (Å²) in [7, 11) is -3.66. The van der Waals surface area contributed by atoms with Gasteiger partial charge in [-0.05, 0) is 35.4 Å². The van der Waals surface area contributed by atoms with Gasteiger partial charge in [0.15, 0.2) is 15.6 Å². The first kappa shape index (κ1) is 18.7. The number of rotatable bonds is 5. The van der Waals surface area contributed by atoms with E-state index in [1.807, 2.05) is 6.07 Å². The molecule has 1 heterocycles. The van der Waals surface area contributed by atoms with Crippen molar-refractivity contribution >= 4 is 27.2 Å². The van der Waals surface area contributed by atoms with Crippen LogP contribution in [0.1, 0.15) is 27.0 Å². The second kappa shape index (κ2) is 7.41. The molecule has 4 nitrogen and oxygen atoms in total. The molecule has 0 aromatic heterocycles. The molecule has 1 aliphatic rings. The maximum atomic E-state index is 13.0. The van der Waals surface area contributed by atoms with E-state index >= 15 is 0 Å². The van der Waals surface area contributed by atoms with Crippen LogP contribution >= 0.6 is 11.6 Å². The number of carbonyl (C=O) groups is 1. The van der Waals surface area contributed by atoms with E-state index < -0.39 is 9.84 Å². The van der Waals surface area contributed by atoms with Gasteiger partial charge in [0.05, 0.1) is 17.3 Å². The first-order valence-electron chi connectivity index (χ1n) is 8.81. The van der Waals surface area contributed by atoms with Crippen LogP contribution in [0.15, 0.2) is 71.6 Å². The van der Waals surface area contributed by atoms with E-state index in [0.29, 0.717) is 34.1 Å². The number of sulfone groups is 1. The van der Waals surface area contributed by atoms with Gasteiger partial charge in [-0.1, -0.05) is 54.1 Å². The highest BCUT2D eigenvalue weighted by Crippen LogP contribution is 2.30. The van der Waals surface area contributed by atoms with Gasteiger partial charge in [0.2, 0.25) is 0 Å². The van der Waals surface area contributed by atoms with Crippen molar-refractivity contribution in [1.82, 2.24) is 0 Å². The summed E-state index contributed by atoms with van der Waals surface area (Å²) < 4.78 is 31.5. The molecule has 0 radical (unpaired) electrons. The molecule has 142 valence electrons. The first-order chi connectivity index (χ1) is 13.4. The lowest BCUT2D eigenvalue weighted by atomic mass is 9.99. The summed E-state index contributed by atoms with van der Waals surface area (Å²) in [4.78, 5) is 13.1. The Balaban J connectivity index is 1.71. The molecule has 3 aromatic carbocycles. The topological polar surface area (TPSA) is 60.4 Å². The summed E-state index contributed by atoms with van der Waals surface area (Å²) in [5.74, 6) is 0.0555. The number of fused-ring (bicyclic) bond motifs is 1. The van der Waals surface area contributed by atoms with E-state index in [-0.39, 0.29) is 16.4 Å². The second-order valence-corrected chi connectivity index (χ2v) is 9.05. The van der Waals surface area contributed by atoms with E-state index in [2.05, 4.69) is 0 Å². The maximum Gasteiger partial charge on any atom is 0.193 e. The summed E-state index contributed by atoms with van der Waals surface area (Å²) in [5, 5.41) is 0.381. The van der Waals surface area contributed by atoms with Crippen molar-refractivity contribution in [3.8, 4) is 5.75 Å². The summed E-state index contributed by atoms with van der Waals surface area (Å²) >= 11 is 6.08. The predicted octanol–water partition coefficient (Wildman–Crippen LogP) is 4.48. The Morgan fingerprint density at radius 2 is 1.79 bits per heavy atom. The summed E-state index contributed by atoms with van der Waals surface area (Å²) in [6.07, 6.45) is 0.780. The van der Waals surface area contributed by atoms with E-state index in [1.54, 1.807) is 54.6 Å². The van der Waals surface area contributed by atoms with Crippen molar-refractivity contribution in [2.24, 2.45) is 0 Å². The zero-order valence-corrected chi connectivity index (χ0v) is 16.5. The Bertz CT molecular complexity index is 1150. The molecule has 1 aliphatic heterocycles. The van der Waals surface area contributed by atoms with Crippen LogP contribution in [0.5, 0.6) is 5.75 Å². The molecule has 0 amide bonds. The third kappa shape index (κ3) is 3.68. The van der Waals surface area contributed by atoms with Gasteiger partial charge in [-0.25, -0.2) is 8.42 Å². The van der Waals surface area contributed by atoms with Crippen molar-refractivity contribution in [1.29, 1.82) is 0 Å². The minimum absolute atomic E-state index is 0.182. The monoisotopic (exact) mass is 412 g/mol. The lowest BCUT2D eigenvalue weighted by Gasteiger charge is -2.11. The fraction of sp³-hybridized carbons (Fsp3) is 0.136. The Morgan fingerprint density at radius 3 is 2.57 bits per heavy atom. The van der Waals surface area contributed by atoms with Crippen molar-refractivity contribution in [2.75, 3.05) is 6.61 Å². The Labute approximate surface area is 168 Å². The first-order valence-corrected chi connectivity index (χ1v) is 10.8. The Morgan fingerprint density at radius 1 is 1.00 bits per heavy atom. The number of ketones is 1. The van der Waals surface area contributed by atoms with Crippen molar-refractivity contribution in [3.63, 3.8) is 0 Å². The van der Waals surface area contributed by atoms with Gasteiger partial charge in [0, 0.05) is 22.6 Å². The van der Waals surface area contributed by atoms with Gasteiger partial charge in [0.25, 0.3) is 0 Å². The quantitative estimate of drug-likeness (QED) is 0.580. The smallest absolute Gasteiger partial charge is 0.193 e. The molecule has 3 aromatic rings. The van der Waals surface area contributed by atoms with Gasteiger partial charge in [0.1, 0.15) is 5.75 Å². The number of benzene rings is 3. The number of halogens is 1. The van der Waals surface area contributed by atoms with Crippen LogP contribution in [0, 0.1) is 0 Å². The fourth-order valence-corrected chi connectivity index (χ4v) is 4.82. The molecular formula is C22H17ClO4S. The second-order valence-electron chi connectivity index (χ2n) is 6.62. The van der Waals surface area contributed by atoms with E-state index in [1.165, 1.54) is 6.07 Å².